The van der Waals surface area contributed by atoms with Crippen LogP contribution in [0.1, 0.15) is 87.4 Å². The molecule has 0 bridgehead atoms. The number of benzene rings is 1. The molecule has 1 unspecified atom stereocenters. The van der Waals surface area contributed by atoms with Crippen molar-refractivity contribution >= 4 is 52.3 Å². The van der Waals surface area contributed by atoms with E-state index in [-0.39, 0.29) is 35.3 Å². The summed E-state index contributed by atoms with van der Waals surface area (Å²) >= 11 is 10.5. The van der Waals surface area contributed by atoms with Crippen LogP contribution >= 0.6 is 23.2 Å². The topological polar surface area (TPSA) is 175 Å². The highest BCUT2D eigenvalue weighted by Gasteiger charge is 2.22. The maximum Gasteiger partial charge on any atom is 0.372 e. The molecule has 1 fully saturated rings. The van der Waals surface area contributed by atoms with Gasteiger partial charge in [0.25, 0.3) is 0 Å². The number of allylic oxidation sites excluding steroid dienone is 4. The zero-order valence-electron chi connectivity index (χ0n) is 33.1. The second kappa shape index (κ2) is 47.6. The van der Waals surface area contributed by atoms with Crippen LogP contribution in [-0.4, -0.2) is 78.6 Å². The van der Waals surface area contributed by atoms with Gasteiger partial charge in [0.15, 0.2) is 0 Å². The summed E-state index contributed by atoms with van der Waals surface area (Å²) in [6.45, 7) is 26.8. The summed E-state index contributed by atoms with van der Waals surface area (Å²) in [5.41, 5.74) is 0.222. The van der Waals surface area contributed by atoms with Gasteiger partial charge in [0.1, 0.15) is 0 Å². The van der Waals surface area contributed by atoms with Crippen molar-refractivity contribution in [2.75, 3.05) is 33.0 Å². The fraction of sp³-hybridized carbons (Fsp3) is 0.419. The van der Waals surface area contributed by atoms with Gasteiger partial charge in [0, 0.05) is 43.7 Å². The van der Waals surface area contributed by atoms with Gasteiger partial charge in [-0.25, -0.2) is 4.79 Å². The molecule has 0 aliphatic carbocycles. The molecule has 0 radical (unpaired) electrons. The van der Waals surface area contributed by atoms with E-state index >= 15 is 0 Å². The third-order valence-electron chi connectivity index (χ3n) is 5.95. The first kappa shape index (κ1) is 59.1. The molecule has 2 N–H and O–H groups in total. The molecule has 1 saturated heterocycles. The molecule has 2 rings (SSSR count). The van der Waals surface area contributed by atoms with Crippen molar-refractivity contribution in [3.63, 3.8) is 0 Å². The zero-order chi connectivity index (χ0) is 44.0. The summed E-state index contributed by atoms with van der Waals surface area (Å²) in [7, 11) is 0. The van der Waals surface area contributed by atoms with E-state index in [9.17, 15) is 24.0 Å². The molecule has 57 heavy (non-hydrogen) atoms. The molecule has 320 valence electrons. The number of aliphatic hydroxyl groups is 1. The van der Waals surface area contributed by atoms with E-state index in [4.69, 9.17) is 52.5 Å². The Balaban J connectivity index is -0.000000301. The van der Waals surface area contributed by atoms with Crippen molar-refractivity contribution in [1.82, 2.24) is 0 Å². The van der Waals surface area contributed by atoms with Crippen molar-refractivity contribution in [3.05, 3.63) is 123 Å². The van der Waals surface area contributed by atoms with E-state index in [0.29, 0.717) is 88.7 Å². The van der Waals surface area contributed by atoms with E-state index in [1.165, 1.54) is 12.1 Å². The summed E-state index contributed by atoms with van der Waals surface area (Å²) in [5.74, 6) is -1.28. The summed E-state index contributed by atoms with van der Waals surface area (Å²) < 4.78 is 19.5. The Labute approximate surface area is 349 Å². The Hall–Kier alpha value is -4.59. The van der Waals surface area contributed by atoms with E-state index in [1.54, 1.807) is 54.7 Å². The largest absolute Gasteiger partial charge is 0.466 e. The molecule has 14 heteroatoms. The molecule has 1 aromatic carbocycles. The van der Waals surface area contributed by atoms with Crippen LogP contribution in [0.3, 0.4) is 0 Å². The van der Waals surface area contributed by atoms with Crippen molar-refractivity contribution < 1.29 is 58.2 Å². The standard InChI is InChI=1S/C9H14O3.2C9H14O2.C7H5ClO3.C5H7ClO.C4H8O/c1-2-3-4-9(10)11-6-5-8-7-12-8;2*1-3-5-7-9(10)11-8-6-4-2;8-6-3-1-2-5(4-6)7(9)11-10;1-2-3-4-5(6)7;1-2-3-4-5/h2,8H,1,3-7H2;2*3-4H,1-2,5-8H2;1-4,10H;2H,1,3-4H2;2,5H,1,3-4H2. The molecule has 0 spiro atoms. The number of epoxide rings is 1. The second-order valence-electron chi connectivity index (χ2n) is 10.9. The van der Waals surface area contributed by atoms with Gasteiger partial charge in [0.2, 0.25) is 5.24 Å². The minimum Gasteiger partial charge on any atom is -0.466 e. The molecule has 12 nitrogen and oxygen atoms in total. The number of ether oxygens (including phenoxy) is 4. The van der Waals surface area contributed by atoms with Crippen LogP contribution < -0.4 is 0 Å². The zero-order valence-corrected chi connectivity index (χ0v) is 34.6. The number of esters is 3. The third kappa shape index (κ3) is 53.6. The fourth-order valence-corrected chi connectivity index (χ4v) is 3.20. The van der Waals surface area contributed by atoms with Crippen molar-refractivity contribution in [2.24, 2.45) is 0 Å². The van der Waals surface area contributed by atoms with E-state index in [1.807, 2.05) is 0 Å². The lowest BCUT2D eigenvalue weighted by Gasteiger charge is -2.00. The van der Waals surface area contributed by atoms with Gasteiger partial charge in [-0.05, 0) is 74.7 Å². The fourth-order valence-electron chi connectivity index (χ4n) is 2.90. The van der Waals surface area contributed by atoms with Crippen LogP contribution in [0, 0.1) is 0 Å². The predicted octanol–water partition coefficient (Wildman–Crippen LogP) is 9.67. The monoisotopic (exact) mass is 840 g/mol. The molecule has 0 saturated carbocycles. The highest BCUT2D eigenvalue weighted by Crippen LogP contribution is 2.13. The summed E-state index contributed by atoms with van der Waals surface area (Å²) in [6, 6.07) is 6.11. The Morgan fingerprint density at radius 2 is 1.07 bits per heavy atom. The van der Waals surface area contributed by atoms with Crippen LogP contribution in [0.15, 0.2) is 113 Å². The summed E-state index contributed by atoms with van der Waals surface area (Å²) in [5, 5.41) is 16.1. The molecular weight excluding hydrogens is 779 g/mol. The van der Waals surface area contributed by atoms with Crippen molar-refractivity contribution in [1.29, 1.82) is 0 Å². The predicted molar refractivity (Wildman–Crippen MR) is 227 cm³/mol. The lowest BCUT2D eigenvalue weighted by Crippen LogP contribution is -2.06. The summed E-state index contributed by atoms with van der Waals surface area (Å²) in [4.78, 5) is 56.5. The van der Waals surface area contributed by atoms with Gasteiger partial charge in [-0.15, -0.1) is 46.1 Å². The number of rotatable bonds is 24. The molecule has 1 aliphatic heterocycles. The summed E-state index contributed by atoms with van der Waals surface area (Å²) in [6.07, 6.45) is 19.7. The SMILES string of the molecule is C=CCCC(=O)Cl.C=CCCC(=O)OCCC1CO1.C=CCCO.C=CCCOC(=O)CCC=C.C=CCCOC(=O)CCC=C.O=C(OO)c1cccc(Cl)c1. The molecular formula is C43H62Cl2O12. The maximum atomic E-state index is 10.9. The number of hydrogen-bond donors (Lipinski definition) is 2. The van der Waals surface area contributed by atoms with Gasteiger partial charge in [-0.2, -0.15) is 5.26 Å². The lowest BCUT2D eigenvalue weighted by molar-refractivity contribution is -0.182. The Morgan fingerprint density at radius 3 is 1.37 bits per heavy atom. The highest BCUT2D eigenvalue weighted by molar-refractivity contribution is 6.63. The quantitative estimate of drug-likeness (QED) is 0.0148. The smallest absolute Gasteiger partial charge is 0.372 e. The van der Waals surface area contributed by atoms with Crippen LogP contribution in [0.4, 0.5) is 0 Å². The van der Waals surface area contributed by atoms with Crippen molar-refractivity contribution in [3.8, 4) is 0 Å². The van der Waals surface area contributed by atoms with Crippen LogP contribution in [0.5, 0.6) is 0 Å². The second-order valence-corrected chi connectivity index (χ2v) is 11.8. The first-order valence-corrected chi connectivity index (χ1v) is 18.9. The minimum absolute atomic E-state index is 0.143. The highest BCUT2D eigenvalue weighted by atomic mass is 35.5. The number of carbonyl (C=O) groups excluding carboxylic acids is 5. The molecule has 1 atom stereocenters. The molecule has 1 heterocycles. The molecule has 1 aromatic rings. The number of halogens is 2. The average Bonchev–Trinajstić information content (AvgIpc) is 4.03. The van der Waals surface area contributed by atoms with Gasteiger partial charge >= 0.3 is 23.9 Å². The first-order valence-electron chi connectivity index (χ1n) is 18.1. The van der Waals surface area contributed by atoms with Crippen LogP contribution in [-0.2, 0) is 43.0 Å². The molecule has 0 aromatic heterocycles. The lowest BCUT2D eigenvalue weighted by atomic mass is 10.2. The third-order valence-corrected chi connectivity index (χ3v) is 6.38. The van der Waals surface area contributed by atoms with Crippen LogP contribution in [0.2, 0.25) is 5.02 Å². The molecule has 0 amide bonds. The average molecular weight is 842 g/mol. The van der Waals surface area contributed by atoms with Crippen LogP contribution in [0.25, 0.3) is 0 Å². The number of carbonyl (C=O) groups is 5. The van der Waals surface area contributed by atoms with E-state index in [0.717, 1.165) is 25.9 Å². The van der Waals surface area contributed by atoms with Gasteiger partial charge in [-0.3, -0.25) is 24.1 Å². The van der Waals surface area contributed by atoms with E-state index in [2.05, 4.69) is 50.9 Å². The molecule has 1 aliphatic rings. The Morgan fingerprint density at radius 1 is 0.667 bits per heavy atom. The first-order chi connectivity index (χ1) is 27.4. The Bertz CT molecular complexity index is 1260. The van der Waals surface area contributed by atoms with Gasteiger partial charge in [-0.1, -0.05) is 60.2 Å². The van der Waals surface area contributed by atoms with E-state index < -0.39 is 5.97 Å². The minimum atomic E-state index is -0.813. The van der Waals surface area contributed by atoms with Gasteiger partial charge in [0.05, 0.1) is 38.1 Å². The number of aliphatic hydroxyl groups excluding tert-OH is 1. The number of hydrogen-bond acceptors (Lipinski definition) is 12. The Kier molecular flexibility index (Phi) is 49.3. The normalized spacial score (nSPS) is 11.1. The van der Waals surface area contributed by atoms with Gasteiger partial charge < -0.3 is 24.1 Å². The van der Waals surface area contributed by atoms with Crippen molar-refractivity contribution in [2.45, 2.75) is 83.2 Å². The maximum absolute atomic E-state index is 10.9.